The average molecular weight is 300 g/mol. The van der Waals surface area contributed by atoms with Crippen molar-refractivity contribution in [3.8, 4) is 5.75 Å². The van der Waals surface area contributed by atoms with Gasteiger partial charge in [0.1, 0.15) is 30.3 Å². The molecule has 0 aliphatic carbocycles. The van der Waals surface area contributed by atoms with E-state index in [1.165, 1.54) is 0 Å². The van der Waals surface area contributed by atoms with Crippen molar-refractivity contribution in [1.29, 1.82) is 0 Å². The summed E-state index contributed by atoms with van der Waals surface area (Å²) in [4.78, 5) is 0. The SMILES string of the molecule is C.C=C/C=C(\C=C)COc1ccc2oc(COCC)cc2c1. The molecule has 0 atom stereocenters. The van der Waals surface area contributed by atoms with E-state index in [0.717, 1.165) is 28.1 Å². The van der Waals surface area contributed by atoms with Crippen molar-refractivity contribution in [2.75, 3.05) is 13.2 Å². The minimum absolute atomic E-state index is 0. The Bertz CT molecular complexity index is 650. The van der Waals surface area contributed by atoms with Crippen LogP contribution in [0, 0.1) is 0 Å². The molecule has 0 amide bonds. The Labute approximate surface area is 132 Å². The zero-order valence-electron chi connectivity index (χ0n) is 12.3. The van der Waals surface area contributed by atoms with Crippen molar-refractivity contribution in [2.45, 2.75) is 21.0 Å². The van der Waals surface area contributed by atoms with Gasteiger partial charge in [0.2, 0.25) is 0 Å². The number of rotatable bonds is 8. The standard InChI is InChI=1S/C18H20O3.CH4/c1-4-7-14(5-2)12-20-16-8-9-18-15(10-16)11-17(21-18)13-19-6-3;/h4-5,7-11H,1-2,6,12-13H2,3H3;1H4/b14-7+;. The van der Waals surface area contributed by atoms with E-state index in [1.54, 1.807) is 12.2 Å². The summed E-state index contributed by atoms with van der Waals surface area (Å²) in [5.41, 5.74) is 1.82. The van der Waals surface area contributed by atoms with E-state index in [1.807, 2.05) is 37.3 Å². The molecule has 0 N–H and O–H groups in total. The molecule has 0 saturated carbocycles. The number of ether oxygens (including phenoxy) is 2. The molecule has 118 valence electrons. The van der Waals surface area contributed by atoms with Crippen molar-refractivity contribution in [3.63, 3.8) is 0 Å². The molecule has 2 rings (SSSR count). The third kappa shape index (κ3) is 4.64. The van der Waals surface area contributed by atoms with Crippen LogP contribution in [0.4, 0.5) is 0 Å². The molecule has 0 bridgehead atoms. The summed E-state index contributed by atoms with van der Waals surface area (Å²) < 4.78 is 16.8. The maximum absolute atomic E-state index is 5.75. The number of allylic oxidation sites excluding steroid dienone is 2. The second kappa shape index (κ2) is 8.90. The monoisotopic (exact) mass is 300 g/mol. The molecule has 1 heterocycles. The predicted molar refractivity (Wildman–Crippen MR) is 92.2 cm³/mol. The van der Waals surface area contributed by atoms with Gasteiger partial charge in [0.25, 0.3) is 0 Å². The fourth-order valence-corrected chi connectivity index (χ4v) is 1.93. The number of hydrogen-bond acceptors (Lipinski definition) is 3. The van der Waals surface area contributed by atoms with Crippen LogP contribution in [0.25, 0.3) is 11.0 Å². The maximum atomic E-state index is 5.75. The van der Waals surface area contributed by atoms with Gasteiger partial charge in [0.15, 0.2) is 0 Å². The molecular formula is C19H24O3. The predicted octanol–water partition coefficient (Wildman–Crippen LogP) is 5.28. The second-order valence-corrected chi connectivity index (χ2v) is 4.52. The zero-order valence-corrected chi connectivity index (χ0v) is 12.3. The van der Waals surface area contributed by atoms with Gasteiger partial charge in [0.05, 0.1) is 0 Å². The van der Waals surface area contributed by atoms with Crippen LogP contribution >= 0.6 is 0 Å². The van der Waals surface area contributed by atoms with Gasteiger partial charge in [-0.2, -0.15) is 0 Å². The lowest BCUT2D eigenvalue weighted by atomic mass is 10.2. The molecule has 0 unspecified atom stereocenters. The van der Waals surface area contributed by atoms with Crippen molar-refractivity contribution < 1.29 is 13.9 Å². The normalized spacial score (nSPS) is 11.0. The van der Waals surface area contributed by atoms with Crippen molar-refractivity contribution in [2.24, 2.45) is 0 Å². The lowest BCUT2D eigenvalue weighted by Crippen LogP contribution is -1.98. The second-order valence-electron chi connectivity index (χ2n) is 4.52. The van der Waals surface area contributed by atoms with E-state index in [-0.39, 0.29) is 7.43 Å². The summed E-state index contributed by atoms with van der Waals surface area (Å²) in [7, 11) is 0. The van der Waals surface area contributed by atoms with Gasteiger partial charge in [-0.3, -0.25) is 0 Å². The van der Waals surface area contributed by atoms with Gasteiger partial charge in [-0.25, -0.2) is 0 Å². The van der Waals surface area contributed by atoms with Gasteiger partial charge in [0, 0.05) is 12.0 Å². The first kappa shape index (κ1) is 17.8. The van der Waals surface area contributed by atoms with Gasteiger partial charge in [-0.05, 0) is 36.8 Å². The summed E-state index contributed by atoms with van der Waals surface area (Å²) in [6, 6.07) is 7.74. The Hall–Kier alpha value is -2.26. The van der Waals surface area contributed by atoms with E-state index in [4.69, 9.17) is 13.9 Å². The van der Waals surface area contributed by atoms with Crippen molar-refractivity contribution in [3.05, 3.63) is 67.0 Å². The highest BCUT2D eigenvalue weighted by Gasteiger charge is 2.05. The minimum atomic E-state index is 0. The van der Waals surface area contributed by atoms with Crippen LogP contribution in [0.2, 0.25) is 0 Å². The summed E-state index contributed by atoms with van der Waals surface area (Å²) in [5, 5.41) is 1.01. The molecule has 0 spiro atoms. The minimum Gasteiger partial charge on any atom is -0.489 e. The molecular weight excluding hydrogens is 276 g/mol. The number of benzene rings is 1. The fraction of sp³-hybridized carbons (Fsp3) is 0.263. The fourth-order valence-electron chi connectivity index (χ4n) is 1.93. The van der Waals surface area contributed by atoms with Gasteiger partial charge in [-0.1, -0.05) is 38.8 Å². The molecule has 0 fully saturated rings. The zero-order chi connectivity index (χ0) is 15.1. The third-order valence-electron chi connectivity index (χ3n) is 2.99. The Kier molecular flexibility index (Phi) is 7.20. The molecule has 0 aliphatic rings. The Balaban J connectivity index is 0.00000242. The van der Waals surface area contributed by atoms with Crippen molar-refractivity contribution >= 4 is 11.0 Å². The van der Waals surface area contributed by atoms with Crippen LogP contribution < -0.4 is 4.74 Å². The van der Waals surface area contributed by atoms with Crippen LogP contribution in [-0.4, -0.2) is 13.2 Å². The Morgan fingerprint density at radius 3 is 2.77 bits per heavy atom. The summed E-state index contributed by atoms with van der Waals surface area (Å²) >= 11 is 0. The average Bonchev–Trinajstić information content (AvgIpc) is 2.91. The van der Waals surface area contributed by atoms with E-state index in [0.29, 0.717) is 19.8 Å². The van der Waals surface area contributed by atoms with E-state index >= 15 is 0 Å². The highest BCUT2D eigenvalue weighted by molar-refractivity contribution is 5.79. The van der Waals surface area contributed by atoms with E-state index in [2.05, 4.69) is 13.2 Å². The van der Waals surface area contributed by atoms with Gasteiger partial charge >= 0.3 is 0 Å². The van der Waals surface area contributed by atoms with E-state index in [9.17, 15) is 0 Å². The number of fused-ring (bicyclic) bond motifs is 1. The lowest BCUT2D eigenvalue weighted by Gasteiger charge is -2.06. The molecule has 3 nitrogen and oxygen atoms in total. The quantitative estimate of drug-likeness (QED) is 0.621. The summed E-state index contributed by atoms with van der Waals surface area (Å²) in [5.74, 6) is 1.62. The van der Waals surface area contributed by atoms with E-state index < -0.39 is 0 Å². The largest absolute Gasteiger partial charge is 0.489 e. The third-order valence-corrected chi connectivity index (χ3v) is 2.99. The summed E-state index contributed by atoms with van der Waals surface area (Å²) in [6.07, 6.45) is 5.36. The van der Waals surface area contributed by atoms with Gasteiger partial charge < -0.3 is 13.9 Å². The molecule has 3 heteroatoms. The molecule has 2 aromatic rings. The maximum Gasteiger partial charge on any atom is 0.134 e. The highest BCUT2D eigenvalue weighted by Crippen LogP contribution is 2.25. The number of furan rings is 1. The van der Waals surface area contributed by atoms with Gasteiger partial charge in [-0.15, -0.1) is 0 Å². The topological polar surface area (TPSA) is 31.6 Å². The van der Waals surface area contributed by atoms with Crippen LogP contribution in [0.5, 0.6) is 5.75 Å². The lowest BCUT2D eigenvalue weighted by molar-refractivity contribution is 0.119. The first-order valence-corrected chi connectivity index (χ1v) is 6.94. The highest BCUT2D eigenvalue weighted by atomic mass is 16.5. The van der Waals surface area contributed by atoms with Crippen LogP contribution in [-0.2, 0) is 11.3 Å². The van der Waals surface area contributed by atoms with Crippen LogP contribution in [0.15, 0.2) is 65.6 Å². The summed E-state index contributed by atoms with van der Waals surface area (Å²) in [6.45, 7) is 11.0. The first-order valence-electron chi connectivity index (χ1n) is 6.94. The molecule has 0 aliphatic heterocycles. The van der Waals surface area contributed by atoms with Crippen LogP contribution in [0.1, 0.15) is 20.1 Å². The van der Waals surface area contributed by atoms with Crippen LogP contribution in [0.3, 0.4) is 0 Å². The number of hydrogen-bond donors (Lipinski definition) is 0. The Morgan fingerprint density at radius 2 is 2.09 bits per heavy atom. The molecule has 0 saturated heterocycles. The smallest absolute Gasteiger partial charge is 0.134 e. The Morgan fingerprint density at radius 1 is 1.27 bits per heavy atom. The molecule has 22 heavy (non-hydrogen) atoms. The molecule has 1 aromatic carbocycles. The first-order chi connectivity index (χ1) is 10.3. The molecule has 0 radical (unpaired) electrons. The van der Waals surface area contributed by atoms with Crippen molar-refractivity contribution in [1.82, 2.24) is 0 Å². The molecule has 1 aromatic heterocycles.